The first-order valence-corrected chi connectivity index (χ1v) is 8.51. The molecule has 0 spiro atoms. The molecule has 0 aliphatic carbocycles. The first-order valence-electron chi connectivity index (χ1n) is 6.65. The van der Waals surface area contributed by atoms with E-state index in [-0.39, 0.29) is 5.69 Å². The van der Waals surface area contributed by atoms with E-state index in [4.69, 9.17) is 0 Å². The molecule has 1 atom stereocenters. The molecule has 1 aromatic carbocycles. The summed E-state index contributed by atoms with van der Waals surface area (Å²) >= 11 is 2.85. The number of thiophene rings is 1. The molecule has 2 aromatic heterocycles. The highest BCUT2D eigenvalue weighted by atomic mass is 32.2. The fourth-order valence-corrected chi connectivity index (χ4v) is 3.36. The van der Waals surface area contributed by atoms with Crippen LogP contribution in [0, 0.1) is 10.1 Å². The van der Waals surface area contributed by atoms with Gasteiger partial charge in [0.15, 0.2) is 5.82 Å². The lowest BCUT2D eigenvalue weighted by molar-refractivity contribution is -0.385. The van der Waals surface area contributed by atoms with Crippen molar-refractivity contribution in [2.75, 3.05) is 5.75 Å². The standard InChI is InChI=1S/C14H12N4O3S2/c19-11(9-3-1-4-10(7-9)18(20)21)8-23-14-15-13(16-17-14)12-5-2-6-22-12/h1-7,11,19H,8H2,(H,15,16,17)/t11-/m0/s1. The lowest BCUT2D eigenvalue weighted by Gasteiger charge is -2.08. The fraction of sp³-hybridized carbons (Fsp3) is 0.143. The van der Waals surface area contributed by atoms with Gasteiger partial charge in [-0.05, 0) is 17.0 Å². The number of hydrogen-bond acceptors (Lipinski definition) is 7. The van der Waals surface area contributed by atoms with Gasteiger partial charge in [-0.3, -0.25) is 15.2 Å². The maximum atomic E-state index is 10.8. The second-order valence-electron chi connectivity index (χ2n) is 4.62. The van der Waals surface area contributed by atoms with Crippen molar-refractivity contribution in [1.29, 1.82) is 0 Å². The van der Waals surface area contributed by atoms with E-state index in [0.29, 0.717) is 22.3 Å². The van der Waals surface area contributed by atoms with Crippen molar-refractivity contribution >= 4 is 28.8 Å². The summed E-state index contributed by atoms with van der Waals surface area (Å²) in [5.74, 6) is 0.996. The van der Waals surface area contributed by atoms with E-state index in [0.717, 1.165) is 4.88 Å². The van der Waals surface area contributed by atoms with Gasteiger partial charge >= 0.3 is 0 Å². The summed E-state index contributed by atoms with van der Waals surface area (Å²) in [5.41, 5.74) is 0.463. The topological polar surface area (TPSA) is 105 Å². The highest BCUT2D eigenvalue weighted by Crippen LogP contribution is 2.27. The largest absolute Gasteiger partial charge is 0.388 e. The Morgan fingerprint density at radius 3 is 3.00 bits per heavy atom. The molecule has 7 nitrogen and oxygen atoms in total. The van der Waals surface area contributed by atoms with Crippen LogP contribution in [0.25, 0.3) is 10.7 Å². The van der Waals surface area contributed by atoms with E-state index in [1.54, 1.807) is 23.5 Å². The number of aromatic nitrogens is 3. The van der Waals surface area contributed by atoms with Crippen LogP contribution >= 0.6 is 23.1 Å². The number of aliphatic hydroxyl groups is 1. The molecule has 3 rings (SSSR count). The van der Waals surface area contributed by atoms with Crippen LogP contribution in [0.5, 0.6) is 0 Å². The zero-order valence-corrected chi connectivity index (χ0v) is 13.4. The van der Waals surface area contributed by atoms with E-state index in [9.17, 15) is 15.2 Å². The molecule has 0 unspecified atom stereocenters. The van der Waals surface area contributed by atoms with Crippen LogP contribution < -0.4 is 0 Å². The predicted molar refractivity (Wildman–Crippen MR) is 88.5 cm³/mol. The minimum atomic E-state index is -0.830. The molecule has 0 bridgehead atoms. The molecule has 3 aromatic rings. The average molecular weight is 348 g/mol. The van der Waals surface area contributed by atoms with E-state index in [1.807, 2.05) is 17.5 Å². The number of non-ortho nitro benzene ring substituents is 1. The first-order chi connectivity index (χ1) is 11.1. The highest BCUT2D eigenvalue weighted by Gasteiger charge is 2.14. The monoisotopic (exact) mass is 348 g/mol. The van der Waals surface area contributed by atoms with Crippen LogP contribution in [0.3, 0.4) is 0 Å². The highest BCUT2D eigenvalue weighted by molar-refractivity contribution is 7.99. The summed E-state index contributed by atoms with van der Waals surface area (Å²) in [5, 5.41) is 30.4. The number of aliphatic hydroxyl groups excluding tert-OH is 1. The molecule has 0 aliphatic rings. The third-order valence-electron chi connectivity index (χ3n) is 3.06. The van der Waals surface area contributed by atoms with Crippen molar-refractivity contribution in [3.8, 4) is 10.7 Å². The Morgan fingerprint density at radius 1 is 1.39 bits per heavy atom. The van der Waals surface area contributed by atoms with E-state index in [1.165, 1.54) is 23.9 Å². The second kappa shape index (κ2) is 6.90. The van der Waals surface area contributed by atoms with Gasteiger partial charge in [-0.25, -0.2) is 4.98 Å². The summed E-state index contributed by atoms with van der Waals surface area (Å²) in [6.07, 6.45) is -0.830. The zero-order valence-electron chi connectivity index (χ0n) is 11.7. The van der Waals surface area contributed by atoms with Crippen LogP contribution in [0.15, 0.2) is 46.9 Å². The number of nitro benzene ring substituents is 1. The summed E-state index contributed by atoms with van der Waals surface area (Å²) in [4.78, 5) is 15.6. The predicted octanol–water partition coefficient (Wildman–Crippen LogP) is 3.27. The Hall–Kier alpha value is -2.23. The molecule has 23 heavy (non-hydrogen) atoms. The van der Waals surface area contributed by atoms with E-state index < -0.39 is 11.0 Å². The van der Waals surface area contributed by atoms with Gasteiger partial charge in [-0.1, -0.05) is 30.0 Å². The van der Waals surface area contributed by atoms with Gasteiger partial charge in [0.2, 0.25) is 5.16 Å². The second-order valence-corrected chi connectivity index (χ2v) is 6.56. The molecule has 2 N–H and O–H groups in total. The molecule has 9 heteroatoms. The molecule has 118 valence electrons. The van der Waals surface area contributed by atoms with Gasteiger partial charge < -0.3 is 5.11 Å². The fourth-order valence-electron chi connectivity index (χ4n) is 1.93. The molecule has 0 fully saturated rings. The number of benzene rings is 1. The molecule has 0 saturated heterocycles. The SMILES string of the molecule is O=[N+]([O-])c1cccc([C@@H](O)CSc2n[nH]c(-c3cccs3)n2)c1. The molecule has 0 aliphatic heterocycles. The molecular formula is C14H12N4O3S2. The van der Waals surface area contributed by atoms with Crippen LogP contribution in [0.2, 0.25) is 0 Å². The summed E-state index contributed by atoms with van der Waals surface area (Å²) in [6.45, 7) is 0. The summed E-state index contributed by atoms with van der Waals surface area (Å²) in [7, 11) is 0. The number of thioether (sulfide) groups is 1. The summed E-state index contributed by atoms with van der Waals surface area (Å²) in [6, 6.07) is 9.86. The van der Waals surface area contributed by atoms with Crippen LogP contribution in [0.1, 0.15) is 11.7 Å². The number of rotatable bonds is 6. The number of nitrogens with one attached hydrogen (secondary N) is 1. The number of H-pyrrole nitrogens is 1. The molecular weight excluding hydrogens is 336 g/mol. The Morgan fingerprint density at radius 2 is 2.26 bits per heavy atom. The van der Waals surface area contributed by atoms with Crippen LogP contribution in [0.4, 0.5) is 5.69 Å². The van der Waals surface area contributed by atoms with Gasteiger partial charge in [-0.2, -0.15) is 0 Å². The van der Waals surface area contributed by atoms with Crippen molar-refractivity contribution in [2.24, 2.45) is 0 Å². The van der Waals surface area contributed by atoms with Crippen LogP contribution in [-0.4, -0.2) is 31.0 Å². The third-order valence-corrected chi connectivity index (χ3v) is 4.86. The lowest BCUT2D eigenvalue weighted by atomic mass is 10.1. The minimum Gasteiger partial charge on any atom is -0.388 e. The van der Waals surface area contributed by atoms with Crippen molar-refractivity contribution in [2.45, 2.75) is 11.3 Å². The number of nitro groups is 1. The normalized spacial score (nSPS) is 12.2. The van der Waals surface area contributed by atoms with E-state index in [2.05, 4.69) is 15.2 Å². The van der Waals surface area contributed by atoms with Crippen molar-refractivity contribution < 1.29 is 10.0 Å². The van der Waals surface area contributed by atoms with Crippen molar-refractivity contribution in [3.05, 3.63) is 57.5 Å². The Labute approximate surface area is 139 Å². The Kier molecular flexibility index (Phi) is 4.70. The molecule has 0 saturated carbocycles. The quantitative estimate of drug-likeness (QED) is 0.402. The Balaban J connectivity index is 1.64. The lowest BCUT2D eigenvalue weighted by Crippen LogP contribution is -2.01. The number of nitrogens with zero attached hydrogens (tertiary/aromatic N) is 3. The summed E-state index contributed by atoms with van der Waals surface area (Å²) < 4.78 is 0. The number of hydrogen-bond donors (Lipinski definition) is 2. The van der Waals surface area contributed by atoms with Crippen molar-refractivity contribution in [3.63, 3.8) is 0 Å². The smallest absolute Gasteiger partial charge is 0.269 e. The molecule has 0 radical (unpaired) electrons. The van der Waals surface area contributed by atoms with Crippen LogP contribution in [-0.2, 0) is 0 Å². The Bertz CT molecular complexity index is 804. The van der Waals surface area contributed by atoms with Gasteiger partial charge in [0.1, 0.15) is 0 Å². The maximum Gasteiger partial charge on any atom is 0.269 e. The number of aromatic amines is 1. The first kappa shape index (κ1) is 15.7. The third kappa shape index (κ3) is 3.76. The van der Waals surface area contributed by atoms with Gasteiger partial charge in [-0.15, -0.1) is 16.4 Å². The minimum absolute atomic E-state index is 0.0376. The van der Waals surface area contributed by atoms with Gasteiger partial charge in [0, 0.05) is 17.9 Å². The average Bonchev–Trinajstić information content (AvgIpc) is 3.23. The molecule has 2 heterocycles. The van der Waals surface area contributed by atoms with Crippen molar-refractivity contribution in [1.82, 2.24) is 15.2 Å². The van der Waals surface area contributed by atoms with Gasteiger partial charge in [0.05, 0.1) is 15.9 Å². The zero-order chi connectivity index (χ0) is 16.2. The maximum absolute atomic E-state index is 10.8. The molecule has 0 amide bonds. The van der Waals surface area contributed by atoms with E-state index >= 15 is 0 Å². The van der Waals surface area contributed by atoms with Gasteiger partial charge in [0.25, 0.3) is 5.69 Å².